The predicted octanol–water partition coefficient (Wildman–Crippen LogP) is 3.34. The van der Waals surface area contributed by atoms with Crippen molar-refractivity contribution in [3.63, 3.8) is 0 Å². The topological polar surface area (TPSA) is 76.1 Å². The Labute approximate surface area is 155 Å². The SMILES string of the molecule is C[C@H]1[C@H](C)CCC[C@@H]1NC(=O)[C@H](C)S(=O)(=O)c1ccc2ccccc2n1. The van der Waals surface area contributed by atoms with Crippen LogP contribution in [-0.4, -0.2) is 30.6 Å². The first-order valence-electron chi connectivity index (χ1n) is 9.21. The number of nitrogens with one attached hydrogen (secondary N) is 1. The number of benzene rings is 1. The molecule has 1 aliphatic rings. The lowest BCUT2D eigenvalue weighted by Gasteiger charge is -2.35. The van der Waals surface area contributed by atoms with E-state index in [4.69, 9.17) is 0 Å². The summed E-state index contributed by atoms with van der Waals surface area (Å²) >= 11 is 0. The molecule has 5 nitrogen and oxygen atoms in total. The molecule has 3 rings (SSSR count). The van der Waals surface area contributed by atoms with E-state index in [9.17, 15) is 13.2 Å². The lowest BCUT2D eigenvalue weighted by atomic mass is 9.78. The van der Waals surface area contributed by atoms with Gasteiger partial charge in [0.1, 0.15) is 5.25 Å². The number of nitrogens with zero attached hydrogens (tertiary/aromatic N) is 1. The smallest absolute Gasteiger partial charge is 0.238 e. The van der Waals surface area contributed by atoms with E-state index in [0.717, 1.165) is 24.6 Å². The zero-order chi connectivity index (χ0) is 18.9. The van der Waals surface area contributed by atoms with Gasteiger partial charge in [0.25, 0.3) is 0 Å². The van der Waals surface area contributed by atoms with E-state index in [2.05, 4.69) is 24.1 Å². The van der Waals surface area contributed by atoms with Crippen molar-refractivity contribution < 1.29 is 13.2 Å². The van der Waals surface area contributed by atoms with Crippen LogP contribution < -0.4 is 5.32 Å². The highest BCUT2D eigenvalue weighted by molar-refractivity contribution is 7.92. The van der Waals surface area contributed by atoms with E-state index in [-0.39, 0.29) is 11.1 Å². The Balaban J connectivity index is 1.80. The number of amides is 1. The molecule has 0 bridgehead atoms. The van der Waals surface area contributed by atoms with E-state index < -0.39 is 21.0 Å². The van der Waals surface area contributed by atoms with Crippen LogP contribution in [-0.2, 0) is 14.6 Å². The van der Waals surface area contributed by atoms with Crippen LogP contribution in [0.3, 0.4) is 0 Å². The standard InChI is InChI=1S/C20H26N2O3S/c1-13-7-6-10-17(14(13)2)22-20(23)15(3)26(24,25)19-12-11-16-8-4-5-9-18(16)21-19/h4-5,8-9,11-15,17H,6-7,10H2,1-3H3,(H,22,23)/t13-,14+,15+,17+/m1/s1. The summed E-state index contributed by atoms with van der Waals surface area (Å²) in [5.74, 6) is 0.440. The van der Waals surface area contributed by atoms with Crippen LogP contribution in [0.1, 0.15) is 40.0 Å². The molecular formula is C20H26N2O3S. The molecule has 1 aromatic carbocycles. The van der Waals surface area contributed by atoms with Gasteiger partial charge >= 0.3 is 0 Å². The molecule has 1 aromatic heterocycles. The van der Waals surface area contributed by atoms with E-state index >= 15 is 0 Å². The lowest BCUT2D eigenvalue weighted by Crippen LogP contribution is -2.48. The van der Waals surface area contributed by atoms with Gasteiger partial charge < -0.3 is 5.32 Å². The van der Waals surface area contributed by atoms with Crippen LogP contribution in [0.4, 0.5) is 0 Å². The van der Waals surface area contributed by atoms with Crippen molar-refractivity contribution >= 4 is 26.6 Å². The molecule has 140 valence electrons. The van der Waals surface area contributed by atoms with E-state index in [1.54, 1.807) is 12.1 Å². The quantitative estimate of drug-likeness (QED) is 0.890. The van der Waals surface area contributed by atoms with Gasteiger partial charge in [-0.25, -0.2) is 13.4 Å². The van der Waals surface area contributed by atoms with Crippen molar-refractivity contribution in [2.45, 2.75) is 56.4 Å². The number of hydrogen-bond acceptors (Lipinski definition) is 4. The average molecular weight is 375 g/mol. The molecule has 1 heterocycles. The van der Waals surface area contributed by atoms with Gasteiger partial charge in [0, 0.05) is 11.4 Å². The number of para-hydroxylation sites is 1. The second-order valence-corrected chi connectivity index (χ2v) is 9.63. The van der Waals surface area contributed by atoms with Gasteiger partial charge in [-0.15, -0.1) is 0 Å². The van der Waals surface area contributed by atoms with E-state index in [1.807, 2.05) is 18.2 Å². The molecule has 0 aliphatic heterocycles. The Hall–Kier alpha value is -1.95. The third-order valence-corrected chi connectivity index (χ3v) is 7.69. The molecule has 0 unspecified atom stereocenters. The molecule has 6 heteroatoms. The molecule has 1 saturated carbocycles. The Morgan fingerprint density at radius 3 is 2.65 bits per heavy atom. The molecule has 1 aliphatic carbocycles. The normalized spacial score (nSPS) is 25.0. The molecule has 0 saturated heterocycles. The first-order valence-corrected chi connectivity index (χ1v) is 10.8. The largest absolute Gasteiger partial charge is 0.352 e. The number of carbonyl (C=O) groups is 1. The minimum absolute atomic E-state index is 0.0356. The maximum Gasteiger partial charge on any atom is 0.238 e. The van der Waals surface area contributed by atoms with Crippen LogP contribution in [0.2, 0.25) is 0 Å². The molecule has 2 aromatic rings. The van der Waals surface area contributed by atoms with Gasteiger partial charge in [-0.3, -0.25) is 4.79 Å². The summed E-state index contributed by atoms with van der Waals surface area (Å²) in [5.41, 5.74) is 0.607. The molecule has 0 radical (unpaired) electrons. The number of carbonyl (C=O) groups excluding carboxylic acids is 1. The highest BCUT2D eigenvalue weighted by Gasteiger charge is 2.34. The summed E-state index contributed by atoms with van der Waals surface area (Å²) in [6.07, 6.45) is 3.12. The minimum atomic E-state index is -3.83. The highest BCUT2D eigenvalue weighted by atomic mass is 32.2. The van der Waals surface area contributed by atoms with Crippen LogP contribution in [0, 0.1) is 11.8 Å². The summed E-state index contributed by atoms with van der Waals surface area (Å²) in [6.45, 7) is 5.75. The third-order valence-electron chi connectivity index (χ3n) is 5.73. The second kappa shape index (κ2) is 7.35. The molecule has 4 atom stereocenters. The summed E-state index contributed by atoms with van der Waals surface area (Å²) in [6, 6.07) is 10.6. The summed E-state index contributed by atoms with van der Waals surface area (Å²) < 4.78 is 25.8. The molecule has 26 heavy (non-hydrogen) atoms. The number of sulfone groups is 1. The maximum atomic E-state index is 12.9. The van der Waals surface area contributed by atoms with Crippen molar-refractivity contribution in [1.29, 1.82) is 0 Å². The molecule has 1 N–H and O–H groups in total. The summed E-state index contributed by atoms with van der Waals surface area (Å²) in [4.78, 5) is 16.9. The van der Waals surface area contributed by atoms with Crippen LogP contribution >= 0.6 is 0 Å². The van der Waals surface area contributed by atoms with Gasteiger partial charge in [-0.05, 0) is 43.4 Å². The first-order chi connectivity index (χ1) is 12.3. The fourth-order valence-electron chi connectivity index (χ4n) is 3.61. The lowest BCUT2D eigenvalue weighted by molar-refractivity contribution is -0.121. The van der Waals surface area contributed by atoms with Crippen LogP contribution in [0.5, 0.6) is 0 Å². The molecular weight excluding hydrogens is 348 g/mol. The first kappa shape index (κ1) is 18.8. The van der Waals surface area contributed by atoms with Crippen LogP contribution in [0.15, 0.2) is 41.4 Å². The third kappa shape index (κ3) is 3.61. The van der Waals surface area contributed by atoms with Gasteiger partial charge in [-0.2, -0.15) is 0 Å². The number of hydrogen-bond donors (Lipinski definition) is 1. The van der Waals surface area contributed by atoms with Crippen molar-refractivity contribution in [3.8, 4) is 0 Å². The minimum Gasteiger partial charge on any atom is -0.352 e. The Morgan fingerprint density at radius 2 is 1.88 bits per heavy atom. The van der Waals surface area contributed by atoms with Crippen molar-refractivity contribution in [1.82, 2.24) is 10.3 Å². The Bertz CT molecular complexity index is 910. The highest BCUT2D eigenvalue weighted by Crippen LogP contribution is 2.29. The number of fused-ring (bicyclic) bond motifs is 1. The maximum absolute atomic E-state index is 12.9. The van der Waals surface area contributed by atoms with Gasteiger partial charge in [0.05, 0.1) is 5.52 Å². The van der Waals surface area contributed by atoms with Crippen LogP contribution in [0.25, 0.3) is 10.9 Å². The summed E-state index contributed by atoms with van der Waals surface area (Å²) in [5, 5.41) is 2.62. The van der Waals surface area contributed by atoms with Crippen molar-refractivity contribution in [2.75, 3.05) is 0 Å². The number of rotatable bonds is 4. The average Bonchev–Trinajstić information content (AvgIpc) is 2.64. The van der Waals surface area contributed by atoms with E-state index in [0.29, 0.717) is 17.4 Å². The van der Waals surface area contributed by atoms with Crippen molar-refractivity contribution in [2.24, 2.45) is 11.8 Å². The molecule has 0 spiro atoms. The summed E-state index contributed by atoms with van der Waals surface area (Å²) in [7, 11) is -3.83. The number of aromatic nitrogens is 1. The van der Waals surface area contributed by atoms with E-state index in [1.165, 1.54) is 13.0 Å². The Morgan fingerprint density at radius 1 is 1.15 bits per heavy atom. The zero-order valence-corrected chi connectivity index (χ0v) is 16.3. The fraction of sp³-hybridized carbons (Fsp3) is 0.500. The molecule has 1 fully saturated rings. The second-order valence-electron chi connectivity index (χ2n) is 7.41. The van der Waals surface area contributed by atoms with Crippen molar-refractivity contribution in [3.05, 3.63) is 36.4 Å². The van der Waals surface area contributed by atoms with Gasteiger partial charge in [0.15, 0.2) is 5.03 Å². The zero-order valence-electron chi connectivity index (χ0n) is 15.5. The van der Waals surface area contributed by atoms with Gasteiger partial charge in [-0.1, -0.05) is 44.9 Å². The number of pyridine rings is 1. The molecule has 1 amide bonds. The Kier molecular flexibility index (Phi) is 5.32. The van der Waals surface area contributed by atoms with Gasteiger partial charge in [0.2, 0.25) is 15.7 Å². The monoisotopic (exact) mass is 374 g/mol. The fourth-order valence-corrected chi connectivity index (χ4v) is 4.81. The predicted molar refractivity (Wildman–Crippen MR) is 103 cm³/mol.